The molecule has 4 rings (SSSR count). The van der Waals surface area contributed by atoms with Crippen molar-refractivity contribution in [3.05, 3.63) is 64.2 Å². The van der Waals surface area contributed by atoms with Crippen LogP contribution in [0.15, 0.2) is 42.5 Å². The molecule has 0 aromatic heterocycles. The Kier molecular flexibility index (Phi) is 6.43. The van der Waals surface area contributed by atoms with Crippen LogP contribution in [-0.2, 0) is 21.7 Å². The van der Waals surface area contributed by atoms with Gasteiger partial charge in [-0.05, 0) is 41.8 Å². The monoisotopic (exact) mass is 472 g/mol. The molecule has 0 radical (unpaired) electrons. The minimum absolute atomic E-state index is 0.225. The van der Waals surface area contributed by atoms with E-state index in [1.165, 1.54) is 0 Å². The molecule has 10 heteroatoms. The molecule has 0 aliphatic carbocycles. The molecule has 2 heterocycles. The molecule has 2 aliphatic heterocycles. The quantitative estimate of drug-likeness (QED) is 0.485. The van der Waals surface area contributed by atoms with Gasteiger partial charge < -0.3 is 34.6 Å². The molecule has 0 saturated carbocycles. The highest BCUT2D eigenvalue weighted by molar-refractivity contribution is 6.31. The zero-order valence-electron chi connectivity index (χ0n) is 16.8. The predicted octanol–water partition coefficient (Wildman–Crippen LogP) is 1.60. The van der Waals surface area contributed by atoms with Crippen LogP contribution in [0.3, 0.4) is 0 Å². The maximum atomic E-state index is 12.3. The first-order valence-electron chi connectivity index (χ1n) is 9.99. The summed E-state index contributed by atoms with van der Waals surface area (Å²) in [6.07, 6.45) is -6.94. The normalized spacial score (nSPS) is 31.8. The standard InChI is InChI=1S/C22H23ClF2O7/c23-16-6-3-14(22-20(29)18(27)19(28)21(10-26,32-22)11-31-22)8-13(16)7-12-1-4-15(5-2-12)30-9-17(24)25/h1-6,8,17-20,26-29H,7,9-11H2/t18-,19-,20+,21?,22?/m0/s1. The second-order valence-corrected chi connectivity index (χ2v) is 8.40. The average Bonchev–Trinajstić information content (AvgIpc) is 3.17. The van der Waals surface area contributed by atoms with Crippen molar-refractivity contribution in [2.75, 3.05) is 19.8 Å². The van der Waals surface area contributed by atoms with E-state index in [1.54, 1.807) is 42.5 Å². The van der Waals surface area contributed by atoms with Crippen LogP contribution in [0.1, 0.15) is 16.7 Å². The Labute approximate surface area is 187 Å². The van der Waals surface area contributed by atoms with Crippen LogP contribution in [-0.4, -0.2) is 70.6 Å². The molecule has 0 spiro atoms. The van der Waals surface area contributed by atoms with Gasteiger partial charge >= 0.3 is 0 Å². The summed E-state index contributed by atoms with van der Waals surface area (Å²) in [4.78, 5) is 0. The highest BCUT2D eigenvalue weighted by Gasteiger charge is 2.67. The SMILES string of the molecule is OCC12COC(c3ccc(Cl)c(Cc4ccc(OCC(F)F)cc4)c3)(O1)[C@H](O)[C@@H](O)[C@@H]2O. The van der Waals surface area contributed by atoms with Gasteiger partial charge in [0.15, 0.2) is 0 Å². The predicted molar refractivity (Wildman–Crippen MR) is 109 cm³/mol. The number of halogens is 3. The van der Waals surface area contributed by atoms with Gasteiger partial charge in [0.2, 0.25) is 5.79 Å². The average molecular weight is 473 g/mol. The number of hydrogen-bond acceptors (Lipinski definition) is 7. The third-order valence-electron chi connectivity index (χ3n) is 5.87. The van der Waals surface area contributed by atoms with Gasteiger partial charge in [-0.25, -0.2) is 8.78 Å². The number of benzene rings is 2. The van der Waals surface area contributed by atoms with E-state index in [-0.39, 0.29) is 6.61 Å². The number of alkyl halides is 2. The summed E-state index contributed by atoms with van der Waals surface area (Å²) >= 11 is 6.36. The number of rotatable bonds is 7. The summed E-state index contributed by atoms with van der Waals surface area (Å²) in [5.74, 6) is -1.47. The van der Waals surface area contributed by atoms with Gasteiger partial charge in [-0.1, -0.05) is 29.8 Å². The summed E-state index contributed by atoms with van der Waals surface area (Å²) in [5, 5.41) is 41.5. The minimum Gasteiger partial charge on any atom is -0.488 e. The van der Waals surface area contributed by atoms with Crippen molar-refractivity contribution in [3.8, 4) is 5.75 Å². The van der Waals surface area contributed by atoms with Crippen molar-refractivity contribution in [1.29, 1.82) is 0 Å². The molecule has 32 heavy (non-hydrogen) atoms. The van der Waals surface area contributed by atoms with E-state index in [1.807, 2.05) is 0 Å². The fourth-order valence-electron chi connectivity index (χ4n) is 4.08. The molecule has 2 aliphatic rings. The highest BCUT2D eigenvalue weighted by atomic mass is 35.5. The summed E-state index contributed by atoms with van der Waals surface area (Å²) < 4.78 is 41.1. The molecule has 0 amide bonds. The van der Waals surface area contributed by atoms with Crippen molar-refractivity contribution in [1.82, 2.24) is 0 Å². The summed E-state index contributed by atoms with van der Waals surface area (Å²) in [6, 6.07) is 11.4. The zero-order chi connectivity index (χ0) is 23.1. The van der Waals surface area contributed by atoms with Gasteiger partial charge in [0.05, 0.1) is 13.2 Å². The molecule has 2 aromatic rings. The first kappa shape index (κ1) is 23.3. The van der Waals surface area contributed by atoms with Crippen LogP contribution >= 0.6 is 11.6 Å². The molecule has 2 aromatic carbocycles. The van der Waals surface area contributed by atoms with E-state index in [9.17, 15) is 29.2 Å². The van der Waals surface area contributed by atoms with E-state index in [0.29, 0.717) is 28.3 Å². The van der Waals surface area contributed by atoms with Gasteiger partial charge in [0.25, 0.3) is 6.43 Å². The molecule has 2 saturated heterocycles. The lowest BCUT2D eigenvalue weighted by atomic mass is 9.83. The lowest BCUT2D eigenvalue weighted by Crippen LogP contribution is -2.65. The van der Waals surface area contributed by atoms with Crippen molar-refractivity contribution >= 4 is 11.6 Å². The van der Waals surface area contributed by atoms with E-state index in [4.69, 9.17) is 25.8 Å². The Bertz CT molecular complexity index is 960. The smallest absolute Gasteiger partial charge is 0.272 e. The maximum absolute atomic E-state index is 12.3. The summed E-state index contributed by atoms with van der Waals surface area (Å²) in [6.45, 7) is -1.52. The molecule has 7 nitrogen and oxygen atoms in total. The van der Waals surface area contributed by atoms with Crippen LogP contribution in [0.4, 0.5) is 8.78 Å². The fourth-order valence-corrected chi connectivity index (χ4v) is 4.27. The molecular formula is C22H23ClF2O7. The van der Waals surface area contributed by atoms with Gasteiger partial charge in [0, 0.05) is 10.6 Å². The molecule has 2 bridgehead atoms. The Morgan fingerprint density at radius 2 is 1.81 bits per heavy atom. The van der Waals surface area contributed by atoms with Crippen molar-refractivity contribution in [2.24, 2.45) is 0 Å². The zero-order valence-corrected chi connectivity index (χ0v) is 17.6. The Balaban J connectivity index is 1.59. The Morgan fingerprint density at radius 1 is 1.09 bits per heavy atom. The lowest BCUT2D eigenvalue weighted by molar-refractivity contribution is -0.329. The van der Waals surface area contributed by atoms with Gasteiger partial charge in [-0.3, -0.25) is 0 Å². The van der Waals surface area contributed by atoms with Gasteiger partial charge in [-0.2, -0.15) is 0 Å². The van der Waals surface area contributed by atoms with Crippen molar-refractivity contribution in [3.63, 3.8) is 0 Å². The minimum atomic E-state index is -2.56. The van der Waals surface area contributed by atoms with Crippen molar-refractivity contribution < 1.29 is 43.4 Å². The van der Waals surface area contributed by atoms with Gasteiger partial charge in [0.1, 0.15) is 36.3 Å². The summed E-state index contributed by atoms with van der Waals surface area (Å²) in [7, 11) is 0. The number of aliphatic hydroxyl groups excluding tert-OH is 4. The third kappa shape index (κ3) is 3.99. The Hall–Kier alpha value is -1.85. The van der Waals surface area contributed by atoms with Gasteiger partial charge in [-0.15, -0.1) is 0 Å². The molecule has 174 valence electrons. The maximum Gasteiger partial charge on any atom is 0.272 e. The summed E-state index contributed by atoms with van der Waals surface area (Å²) in [5.41, 5.74) is 0.277. The number of fused-ring (bicyclic) bond motifs is 2. The van der Waals surface area contributed by atoms with Crippen LogP contribution in [0.25, 0.3) is 0 Å². The van der Waals surface area contributed by atoms with Crippen LogP contribution < -0.4 is 4.74 Å². The van der Waals surface area contributed by atoms with E-state index >= 15 is 0 Å². The van der Waals surface area contributed by atoms with E-state index < -0.39 is 49.3 Å². The largest absolute Gasteiger partial charge is 0.488 e. The molecule has 2 unspecified atom stereocenters. The second kappa shape index (κ2) is 8.83. The highest BCUT2D eigenvalue weighted by Crippen LogP contribution is 2.49. The van der Waals surface area contributed by atoms with E-state index in [2.05, 4.69) is 0 Å². The number of aliphatic hydroxyl groups is 4. The molecular weight excluding hydrogens is 450 g/mol. The lowest BCUT2D eigenvalue weighted by Gasteiger charge is -2.46. The third-order valence-corrected chi connectivity index (χ3v) is 6.24. The van der Waals surface area contributed by atoms with Crippen molar-refractivity contribution in [2.45, 2.75) is 42.5 Å². The topological polar surface area (TPSA) is 109 Å². The van der Waals surface area contributed by atoms with Crippen LogP contribution in [0, 0.1) is 0 Å². The first-order valence-corrected chi connectivity index (χ1v) is 10.4. The molecule has 2 fully saturated rings. The molecule has 5 atom stereocenters. The first-order chi connectivity index (χ1) is 15.2. The second-order valence-electron chi connectivity index (χ2n) is 7.99. The molecule has 4 N–H and O–H groups in total. The Morgan fingerprint density at radius 3 is 2.47 bits per heavy atom. The van der Waals surface area contributed by atoms with Crippen LogP contribution in [0.2, 0.25) is 5.02 Å². The number of ether oxygens (including phenoxy) is 3. The fraction of sp³-hybridized carbons (Fsp3) is 0.455. The van der Waals surface area contributed by atoms with E-state index in [0.717, 1.165) is 5.56 Å². The number of hydrogen-bond donors (Lipinski definition) is 4. The van der Waals surface area contributed by atoms with Crippen LogP contribution in [0.5, 0.6) is 5.75 Å².